The molecule has 4 nitrogen and oxygen atoms in total. The van der Waals surface area contributed by atoms with Crippen molar-refractivity contribution < 1.29 is 9.84 Å². The Kier molecular flexibility index (Phi) is 5.49. The number of hydrogen-bond donors (Lipinski definition) is 1. The van der Waals surface area contributed by atoms with Crippen LogP contribution in [-0.2, 0) is 6.42 Å². The lowest BCUT2D eigenvalue weighted by atomic mass is 9.97. The molecular weight excluding hydrogens is 312 g/mol. The van der Waals surface area contributed by atoms with Gasteiger partial charge in [-0.05, 0) is 48.4 Å². The predicted octanol–water partition coefficient (Wildman–Crippen LogP) is 2.65. The van der Waals surface area contributed by atoms with Crippen molar-refractivity contribution >= 4 is 11.6 Å². The van der Waals surface area contributed by atoms with Crippen molar-refractivity contribution in [3.63, 3.8) is 0 Å². The molecule has 1 aliphatic heterocycles. The summed E-state index contributed by atoms with van der Waals surface area (Å²) in [4.78, 5) is 6.29. The molecule has 2 heterocycles. The van der Waals surface area contributed by atoms with E-state index in [-0.39, 0.29) is 12.0 Å². The van der Waals surface area contributed by atoms with Crippen LogP contribution in [0.1, 0.15) is 5.56 Å². The second-order valence-electron chi connectivity index (χ2n) is 5.95. The number of β-amino-alcohol motifs (C(OH)–C–C–N with tert-alkyl or cyclic N) is 1. The molecule has 0 amide bonds. The zero-order chi connectivity index (χ0) is 16.1. The van der Waals surface area contributed by atoms with E-state index in [9.17, 15) is 5.11 Å². The van der Waals surface area contributed by atoms with Crippen molar-refractivity contribution in [1.82, 2.24) is 9.88 Å². The van der Waals surface area contributed by atoms with E-state index in [2.05, 4.69) is 9.88 Å². The molecule has 0 saturated carbocycles. The predicted molar refractivity (Wildman–Crippen MR) is 90.8 cm³/mol. The normalized spacial score (nSPS) is 21.5. The van der Waals surface area contributed by atoms with E-state index in [0.717, 1.165) is 25.3 Å². The maximum absolute atomic E-state index is 10.3. The summed E-state index contributed by atoms with van der Waals surface area (Å²) in [6.45, 7) is 3.02. The fourth-order valence-corrected chi connectivity index (χ4v) is 3.10. The highest BCUT2D eigenvalue weighted by Crippen LogP contribution is 2.21. The lowest BCUT2D eigenvalue weighted by Gasteiger charge is -2.16. The minimum atomic E-state index is -0.279. The van der Waals surface area contributed by atoms with Crippen LogP contribution in [0.4, 0.5) is 0 Å². The van der Waals surface area contributed by atoms with Crippen LogP contribution < -0.4 is 4.74 Å². The summed E-state index contributed by atoms with van der Waals surface area (Å²) in [5, 5.41) is 11.0. The Bertz CT molecular complexity index is 606. The quantitative estimate of drug-likeness (QED) is 0.883. The van der Waals surface area contributed by atoms with Gasteiger partial charge in [0.2, 0.25) is 0 Å². The number of hydrogen-bond acceptors (Lipinski definition) is 4. The van der Waals surface area contributed by atoms with E-state index in [1.54, 1.807) is 12.4 Å². The molecule has 1 N–H and O–H groups in total. The number of rotatable bonds is 6. The number of halogens is 1. The van der Waals surface area contributed by atoms with Crippen LogP contribution in [0.25, 0.3) is 0 Å². The molecular formula is C18H21ClN2O2. The van der Waals surface area contributed by atoms with Crippen molar-refractivity contribution in [2.45, 2.75) is 12.5 Å². The molecule has 1 saturated heterocycles. The van der Waals surface area contributed by atoms with Crippen molar-refractivity contribution in [2.24, 2.45) is 5.92 Å². The van der Waals surface area contributed by atoms with Crippen LogP contribution in [0, 0.1) is 5.92 Å². The number of aromatic nitrogens is 1. The Morgan fingerprint density at radius 1 is 1.13 bits per heavy atom. The molecule has 0 radical (unpaired) electrons. The number of pyridine rings is 1. The van der Waals surface area contributed by atoms with Crippen molar-refractivity contribution in [1.29, 1.82) is 0 Å². The molecule has 5 heteroatoms. The van der Waals surface area contributed by atoms with E-state index in [1.165, 1.54) is 5.56 Å². The molecule has 1 aromatic carbocycles. The van der Waals surface area contributed by atoms with E-state index < -0.39 is 0 Å². The van der Waals surface area contributed by atoms with Gasteiger partial charge in [0.15, 0.2) is 0 Å². The minimum Gasteiger partial charge on any atom is -0.492 e. The number of ether oxygens (including phenoxy) is 1. The summed E-state index contributed by atoms with van der Waals surface area (Å²) >= 11 is 5.85. The Balaban J connectivity index is 1.44. The van der Waals surface area contributed by atoms with Gasteiger partial charge in [-0.15, -0.1) is 0 Å². The first-order valence-electron chi connectivity index (χ1n) is 7.88. The number of aliphatic hydroxyl groups is 1. The molecule has 0 spiro atoms. The van der Waals surface area contributed by atoms with Crippen LogP contribution in [0.3, 0.4) is 0 Å². The fraction of sp³-hybridized carbons (Fsp3) is 0.389. The van der Waals surface area contributed by atoms with Crippen LogP contribution in [0.15, 0.2) is 48.8 Å². The molecule has 23 heavy (non-hydrogen) atoms. The number of nitrogens with zero attached hydrogens (tertiary/aromatic N) is 2. The van der Waals surface area contributed by atoms with Crippen LogP contribution >= 0.6 is 11.6 Å². The number of aliphatic hydroxyl groups excluding tert-OH is 1. The average Bonchev–Trinajstić information content (AvgIpc) is 2.90. The van der Waals surface area contributed by atoms with E-state index >= 15 is 0 Å². The summed E-state index contributed by atoms with van der Waals surface area (Å²) in [5.74, 6) is 1.09. The summed E-state index contributed by atoms with van der Waals surface area (Å²) in [5.41, 5.74) is 1.23. The molecule has 1 aromatic heterocycles. The van der Waals surface area contributed by atoms with Crippen LogP contribution in [0.2, 0.25) is 5.02 Å². The lowest BCUT2D eigenvalue weighted by molar-refractivity contribution is 0.139. The molecule has 0 bridgehead atoms. The van der Waals surface area contributed by atoms with Gasteiger partial charge in [0, 0.05) is 43.0 Å². The van der Waals surface area contributed by atoms with Crippen molar-refractivity contribution in [3.05, 3.63) is 59.4 Å². The van der Waals surface area contributed by atoms with E-state index in [1.807, 2.05) is 36.4 Å². The summed E-state index contributed by atoms with van der Waals surface area (Å²) in [7, 11) is 0. The third-order valence-electron chi connectivity index (χ3n) is 4.22. The Hall–Kier alpha value is -1.62. The largest absolute Gasteiger partial charge is 0.492 e. The maximum Gasteiger partial charge on any atom is 0.119 e. The smallest absolute Gasteiger partial charge is 0.119 e. The minimum absolute atomic E-state index is 0.271. The molecule has 0 aliphatic carbocycles. The van der Waals surface area contributed by atoms with Gasteiger partial charge in [-0.3, -0.25) is 9.88 Å². The zero-order valence-corrected chi connectivity index (χ0v) is 13.7. The molecule has 2 aromatic rings. The topological polar surface area (TPSA) is 45.6 Å². The van der Waals surface area contributed by atoms with E-state index in [0.29, 0.717) is 18.2 Å². The summed E-state index contributed by atoms with van der Waals surface area (Å²) in [6, 6.07) is 11.4. The highest BCUT2D eigenvalue weighted by atomic mass is 35.5. The Labute approximate surface area is 141 Å². The van der Waals surface area contributed by atoms with Crippen molar-refractivity contribution in [3.8, 4) is 5.75 Å². The lowest BCUT2D eigenvalue weighted by Crippen LogP contribution is -2.27. The molecule has 1 aliphatic rings. The first kappa shape index (κ1) is 16.2. The molecule has 0 unspecified atom stereocenters. The first-order chi connectivity index (χ1) is 11.2. The highest BCUT2D eigenvalue weighted by molar-refractivity contribution is 6.30. The standard InChI is InChI=1S/C18H21ClN2O2/c19-16-1-3-17(4-2-16)23-10-9-21-12-15(18(22)13-21)11-14-5-7-20-8-6-14/h1-8,15,18,22H,9-13H2/t15-,18+/m1/s1. The number of benzene rings is 1. The van der Waals surface area contributed by atoms with Gasteiger partial charge in [-0.2, -0.15) is 0 Å². The van der Waals surface area contributed by atoms with Gasteiger partial charge < -0.3 is 9.84 Å². The fourth-order valence-electron chi connectivity index (χ4n) is 2.97. The van der Waals surface area contributed by atoms with Gasteiger partial charge in [-0.25, -0.2) is 0 Å². The van der Waals surface area contributed by atoms with Crippen molar-refractivity contribution in [2.75, 3.05) is 26.2 Å². The van der Waals surface area contributed by atoms with Gasteiger partial charge in [0.05, 0.1) is 6.10 Å². The van der Waals surface area contributed by atoms with Gasteiger partial charge in [0.1, 0.15) is 12.4 Å². The van der Waals surface area contributed by atoms with Gasteiger partial charge >= 0.3 is 0 Å². The summed E-state index contributed by atoms with van der Waals surface area (Å²) in [6.07, 6.45) is 4.21. The molecule has 122 valence electrons. The third-order valence-corrected chi connectivity index (χ3v) is 4.47. The van der Waals surface area contributed by atoms with Gasteiger partial charge in [0.25, 0.3) is 0 Å². The Morgan fingerprint density at radius 3 is 2.61 bits per heavy atom. The van der Waals surface area contributed by atoms with E-state index in [4.69, 9.17) is 16.3 Å². The average molecular weight is 333 g/mol. The highest BCUT2D eigenvalue weighted by Gasteiger charge is 2.30. The second kappa shape index (κ2) is 7.77. The second-order valence-corrected chi connectivity index (χ2v) is 6.39. The molecule has 1 fully saturated rings. The third kappa shape index (κ3) is 4.67. The zero-order valence-electron chi connectivity index (χ0n) is 12.9. The van der Waals surface area contributed by atoms with Crippen LogP contribution in [0.5, 0.6) is 5.75 Å². The SMILES string of the molecule is O[C@H]1CN(CCOc2ccc(Cl)cc2)C[C@H]1Cc1ccncc1. The molecule has 3 rings (SSSR count). The summed E-state index contributed by atoms with van der Waals surface area (Å²) < 4.78 is 5.72. The first-order valence-corrected chi connectivity index (χ1v) is 8.26. The number of likely N-dealkylation sites (tertiary alicyclic amines) is 1. The Morgan fingerprint density at radius 2 is 1.87 bits per heavy atom. The monoisotopic (exact) mass is 332 g/mol. The maximum atomic E-state index is 10.3. The molecule has 2 atom stereocenters. The van der Waals surface area contributed by atoms with Gasteiger partial charge in [-0.1, -0.05) is 11.6 Å². The van der Waals surface area contributed by atoms with Crippen LogP contribution in [-0.4, -0.2) is 47.3 Å².